The van der Waals surface area contributed by atoms with Gasteiger partial charge in [-0.15, -0.1) is 11.3 Å². The van der Waals surface area contributed by atoms with Crippen LogP contribution in [0.25, 0.3) is 98.4 Å². The van der Waals surface area contributed by atoms with Gasteiger partial charge in [0.2, 0.25) is 0 Å². The summed E-state index contributed by atoms with van der Waals surface area (Å²) < 4.78 is 9.34. The van der Waals surface area contributed by atoms with Crippen LogP contribution in [0, 0.1) is 5.92 Å². The molecule has 56 heavy (non-hydrogen) atoms. The Morgan fingerprint density at radius 1 is 0.518 bits per heavy atom. The van der Waals surface area contributed by atoms with E-state index in [9.17, 15) is 0 Å². The molecule has 0 saturated heterocycles. The van der Waals surface area contributed by atoms with Crippen molar-refractivity contribution in [3.63, 3.8) is 0 Å². The standard InChI is InChI=1S/C51H31N3OS/c1-2-12-32(13-3-1)49-52-50(35-23-25-37-33(28-35)21-20-30-10-4-6-14-36(30)37)54-51(53-49)42-18-9-19-43-46(42)41-17-8-16-39(48(41)55-43)34-22-26-40-45(29-34)56-44-27-24-31-11-5-7-15-38(31)47(40)44/h1-29,33,37H. The molecule has 4 nitrogen and oxygen atoms in total. The van der Waals surface area contributed by atoms with Gasteiger partial charge in [0.05, 0.1) is 0 Å². The van der Waals surface area contributed by atoms with Gasteiger partial charge in [0.15, 0.2) is 17.5 Å². The molecular formula is C51H31N3OS. The first-order valence-corrected chi connectivity index (χ1v) is 19.8. The Hall–Kier alpha value is -6.95. The third kappa shape index (κ3) is 4.88. The predicted octanol–water partition coefficient (Wildman–Crippen LogP) is 13.7. The van der Waals surface area contributed by atoms with E-state index in [1.165, 1.54) is 42.1 Å². The SMILES string of the molecule is C1=CC2c3ccccc3C=CC2C=C1c1nc(-c2ccccc2)nc(-c2cccc3oc4c(-c5ccc6c(c5)sc5ccc7ccccc7c56)cccc4c23)n1. The van der Waals surface area contributed by atoms with E-state index >= 15 is 0 Å². The van der Waals surface area contributed by atoms with Crippen LogP contribution in [-0.2, 0) is 0 Å². The van der Waals surface area contributed by atoms with Gasteiger partial charge in [-0.3, -0.25) is 0 Å². The highest BCUT2D eigenvalue weighted by Gasteiger charge is 2.27. The highest BCUT2D eigenvalue weighted by molar-refractivity contribution is 7.26. The zero-order valence-corrected chi connectivity index (χ0v) is 30.9. The minimum absolute atomic E-state index is 0.219. The molecule has 7 aromatic carbocycles. The third-order valence-electron chi connectivity index (χ3n) is 11.5. The van der Waals surface area contributed by atoms with Crippen molar-refractivity contribution in [1.29, 1.82) is 0 Å². The number of hydrogen-bond donors (Lipinski definition) is 0. The highest BCUT2D eigenvalue weighted by Crippen LogP contribution is 2.44. The molecule has 10 aromatic rings. The highest BCUT2D eigenvalue weighted by atomic mass is 32.1. The number of para-hydroxylation sites is 1. The molecule has 2 aliphatic rings. The number of aromatic nitrogens is 3. The normalized spacial score (nSPS) is 16.2. The van der Waals surface area contributed by atoms with Crippen molar-refractivity contribution in [1.82, 2.24) is 15.0 Å². The molecule has 2 unspecified atom stereocenters. The Morgan fingerprint density at radius 2 is 1.32 bits per heavy atom. The van der Waals surface area contributed by atoms with Gasteiger partial charge in [0.25, 0.3) is 0 Å². The van der Waals surface area contributed by atoms with Crippen LogP contribution in [-0.4, -0.2) is 15.0 Å². The van der Waals surface area contributed by atoms with Crippen LogP contribution in [0.4, 0.5) is 0 Å². The Bertz CT molecular complexity index is 3330. The second-order valence-corrected chi connectivity index (χ2v) is 15.8. The van der Waals surface area contributed by atoms with Gasteiger partial charge in [0, 0.05) is 65.0 Å². The van der Waals surface area contributed by atoms with Crippen LogP contribution >= 0.6 is 11.3 Å². The zero-order chi connectivity index (χ0) is 36.7. The number of nitrogens with zero attached hydrogens (tertiary/aromatic N) is 3. The van der Waals surface area contributed by atoms with E-state index in [0.29, 0.717) is 17.5 Å². The van der Waals surface area contributed by atoms with Crippen LogP contribution in [0.1, 0.15) is 22.9 Å². The van der Waals surface area contributed by atoms with Crippen molar-refractivity contribution in [2.45, 2.75) is 5.92 Å². The Labute approximate surface area is 326 Å². The quantitative estimate of drug-likeness (QED) is 0.181. The van der Waals surface area contributed by atoms with E-state index in [1.807, 2.05) is 41.7 Å². The largest absolute Gasteiger partial charge is 0.455 e. The van der Waals surface area contributed by atoms with E-state index in [1.54, 1.807) is 0 Å². The van der Waals surface area contributed by atoms with Crippen molar-refractivity contribution >= 4 is 75.9 Å². The van der Waals surface area contributed by atoms with Gasteiger partial charge in [-0.2, -0.15) is 0 Å². The lowest BCUT2D eigenvalue weighted by atomic mass is 9.76. The van der Waals surface area contributed by atoms with Gasteiger partial charge in [-0.25, -0.2) is 15.0 Å². The molecule has 0 spiro atoms. The molecule has 12 rings (SSSR count). The van der Waals surface area contributed by atoms with Gasteiger partial charge < -0.3 is 4.42 Å². The predicted molar refractivity (Wildman–Crippen MR) is 233 cm³/mol. The van der Waals surface area contributed by atoms with Crippen LogP contribution in [0.5, 0.6) is 0 Å². The fraction of sp³-hybridized carbons (Fsp3) is 0.0392. The molecule has 2 atom stereocenters. The van der Waals surface area contributed by atoms with E-state index in [0.717, 1.165) is 49.8 Å². The maximum Gasteiger partial charge on any atom is 0.164 e. The van der Waals surface area contributed by atoms with E-state index in [2.05, 4.69) is 146 Å². The molecule has 2 aliphatic carbocycles. The number of fused-ring (bicyclic) bond motifs is 11. The number of hydrogen-bond acceptors (Lipinski definition) is 5. The minimum atomic E-state index is 0.219. The van der Waals surface area contributed by atoms with Gasteiger partial charge >= 0.3 is 0 Å². The molecule has 0 aliphatic heterocycles. The third-order valence-corrected chi connectivity index (χ3v) is 12.6. The number of furan rings is 1. The summed E-state index contributed by atoms with van der Waals surface area (Å²) in [5.41, 5.74) is 9.32. The monoisotopic (exact) mass is 733 g/mol. The van der Waals surface area contributed by atoms with Crippen LogP contribution in [0.2, 0.25) is 0 Å². The van der Waals surface area contributed by atoms with E-state index in [4.69, 9.17) is 19.4 Å². The lowest BCUT2D eigenvalue weighted by Crippen LogP contribution is -2.15. The van der Waals surface area contributed by atoms with Crippen LogP contribution < -0.4 is 0 Å². The molecule has 262 valence electrons. The van der Waals surface area contributed by atoms with Crippen molar-refractivity contribution < 1.29 is 4.42 Å². The molecule has 3 heterocycles. The summed E-state index contributed by atoms with van der Waals surface area (Å²) in [6, 6.07) is 51.4. The van der Waals surface area contributed by atoms with E-state index in [-0.39, 0.29) is 11.8 Å². The first-order chi connectivity index (χ1) is 27.7. The van der Waals surface area contributed by atoms with E-state index < -0.39 is 0 Å². The number of thiophene rings is 1. The molecule has 0 N–H and O–H groups in total. The molecular weight excluding hydrogens is 703 g/mol. The lowest BCUT2D eigenvalue weighted by Gasteiger charge is -2.28. The molecule has 5 heteroatoms. The van der Waals surface area contributed by atoms with Gasteiger partial charge in [0.1, 0.15) is 11.2 Å². The lowest BCUT2D eigenvalue weighted by molar-refractivity contribution is 0.670. The van der Waals surface area contributed by atoms with Gasteiger partial charge in [-0.1, -0.05) is 158 Å². The zero-order valence-electron chi connectivity index (χ0n) is 30.1. The summed E-state index contributed by atoms with van der Waals surface area (Å²) in [5.74, 6) is 2.42. The summed E-state index contributed by atoms with van der Waals surface area (Å²) >= 11 is 1.84. The Kier molecular flexibility index (Phi) is 6.89. The number of allylic oxidation sites excluding steroid dienone is 5. The average Bonchev–Trinajstić information content (AvgIpc) is 3.85. The average molecular weight is 734 g/mol. The first kappa shape index (κ1) is 31.4. The number of benzene rings is 7. The summed E-state index contributed by atoms with van der Waals surface area (Å²) in [4.78, 5) is 15.5. The minimum Gasteiger partial charge on any atom is -0.455 e. The summed E-state index contributed by atoms with van der Waals surface area (Å²) in [5, 5.41) is 7.20. The fourth-order valence-corrected chi connectivity index (χ4v) is 10.00. The summed E-state index contributed by atoms with van der Waals surface area (Å²) in [6.07, 6.45) is 11.3. The molecule has 0 radical (unpaired) electrons. The van der Waals surface area contributed by atoms with Crippen molar-refractivity contribution in [2.75, 3.05) is 0 Å². The first-order valence-electron chi connectivity index (χ1n) is 19.0. The van der Waals surface area contributed by atoms with Crippen molar-refractivity contribution in [3.8, 4) is 33.9 Å². The Morgan fingerprint density at radius 3 is 2.29 bits per heavy atom. The van der Waals surface area contributed by atoms with Crippen molar-refractivity contribution in [2.24, 2.45) is 5.92 Å². The summed E-state index contributed by atoms with van der Waals surface area (Å²) in [7, 11) is 0. The topological polar surface area (TPSA) is 51.8 Å². The summed E-state index contributed by atoms with van der Waals surface area (Å²) in [6.45, 7) is 0. The van der Waals surface area contributed by atoms with Crippen LogP contribution in [0.15, 0.2) is 174 Å². The maximum absolute atomic E-state index is 6.78. The molecule has 3 aromatic heterocycles. The second kappa shape index (κ2) is 12.3. The molecule has 0 fully saturated rings. The van der Waals surface area contributed by atoms with Crippen LogP contribution in [0.3, 0.4) is 0 Å². The molecule has 0 saturated carbocycles. The molecule has 0 amide bonds. The van der Waals surface area contributed by atoms with Crippen molar-refractivity contribution in [3.05, 3.63) is 187 Å². The van der Waals surface area contributed by atoms with Gasteiger partial charge in [-0.05, 0) is 45.7 Å². The maximum atomic E-state index is 6.78. The smallest absolute Gasteiger partial charge is 0.164 e. The molecule has 0 bridgehead atoms. The number of rotatable bonds is 4. The Balaban J connectivity index is 1.01. The fourth-order valence-electron chi connectivity index (χ4n) is 8.84. The second-order valence-electron chi connectivity index (χ2n) is 14.7.